The van der Waals surface area contributed by atoms with Crippen molar-refractivity contribution >= 4 is 50.2 Å². The number of rotatable bonds is 5. The standard InChI is InChI=1S/C17H16FN5OS2/c18-11-3-5-12(6-4-11)21-13(24)9-25-16-14-15(19-10-20-16)22-17(26-14)23-7-1-2-8-23/h3-6,10H,1-2,7-9H2,(H,21,24). The van der Waals surface area contributed by atoms with Gasteiger partial charge in [-0.05, 0) is 37.1 Å². The van der Waals surface area contributed by atoms with Crippen LogP contribution in [0.3, 0.4) is 0 Å². The lowest BCUT2D eigenvalue weighted by molar-refractivity contribution is -0.113. The van der Waals surface area contributed by atoms with E-state index in [1.165, 1.54) is 55.2 Å². The summed E-state index contributed by atoms with van der Waals surface area (Å²) in [4.78, 5) is 27.6. The molecule has 1 aliphatic heterocycles. The molecule has 0 unspecified atom stereocenters. The average Bonchev–Trinajstić information content (AvgIpc) is 3.31. The second kappa shape index (κ2) is 7.55. The summed E-state index contributed by atoms with van der Waals surface area (Å²) in [6.07, 6.45) is 3.86. The number of thiazole rings is 1. The fourth-order valence-electron chi connectivity index (χ4n) is 2.73. The van der Waals surface area contributed by atoms with Gasteiger partial charge in [0.1, 0.15) is 21.9 Å². The van der Waals surface area contributed by atoms with E-state index in [4.69, 9.17) is 0 Å². The van der Waals surface area contributed by atoms with Gasteiger partial charge in [0.2, 0.25) is 5.91 Å². The Balaban J connectivity index is 1.44. The summed E-state index contributed by atoms with van der Waals surface area (Å²) in [5, 5.41) is 4.47. The van der Waals surface area contributed by atoms with Crippen molar-refractivity contribution in [3.63, 3.8) is 0 Å². The minimum atomic E-state index is -0.334. The van der Waals surface area contributed by atoms with Crippen LogP contribution in [0.25, 0.3) is 10.3 Å². The number of benzene rings is 1. The first-order valence-electron chi connectivity index (χ1n) is 8.24. The van der Waals surface area contributed by atoms with Gasteiger partial charge in [-0.3, -0.25) is 4.79 Å². The molecule has 0 atom stereocenters. The van der Waals surface area contributed by atoms with Crippen molar-refractivity contribution < 1.29 is 9.18 Å². The molecule has 1 saturated heterocycles. The summed E-state index contributed by atoms with van der Waals surface area (Å²) in [6, 6.07) is 5.69. The van der Waals surface area contributed by atoms with Gasteiger partial charge in [-0.1, -0.05) is 23.1 Å². The number of amides is 1. The summed E-state index contributed by atoms with van der Waals surface area (Å²) in [5.41, 5.74) is 1.24. The first-order chi connectivity index (χ1) is 12.7. The van der Waals surface area contributed by atoms with E-state index < -0.39 is 0 Å². The maximum atomic E-state index is 12.9. The number of carbonyl (C=O) groups is 1. The van der Waals surface area contributed by atoms with E-state index in [-0.39, 0.29) is 17.5 Å². The molecule has 3 heterocycles. The minimum absolute atomic E-state index is 0.169. The first kappa shape index (κ1) is 17.2. The molecule has 2 aromatic heterocycles. The van der Waals surface area contributed by atoms with Gasteiger partial charge in [-0.15, -0.1) is 0 Å². The number of thioether (sulfide) groups is 1. The van der Waals surface area contributed by atoms with Crippen LogP contribution in [0.15, 0.2) is 35.6 Å². The van der Waals surface area contributed by atoms with Crippen molar-refractivity contribution in [2.75, 3.05) is 29.1 Å². The van der Waals surface area contributed by atoms with Crippen molar-refractivity contribution in [1.82, 2.24) is 15.0 Å². The van der Waals surface area contributed by atoms with Crippen LogP contribution in [0.2, 0.25) is 0 Å². The van der Waals surface area contributed by atoms with E-state index in [1.54, 1.807) is 11.3 Å². The number of anilines is 2. The molecule has 1 aliphatic rings. The lowest BCUT2D eigenvalue weighted by Gasteiger charge is -2.11. The van der Waals surface area contributed by atoms with Gasteiger partial charge in [-0.25, -0.2) is 14.4 Å². The molecule has 4 rings (SSSR count). The molecule has 26 heavy (non-hydrogen) atoms. The normalized spacial score (nSPS) is 14.1. The number of carbonyl (C=O) groups excluding carboxylic acids is 1. The number of hydrogen-bond acceptors (Lipinski definition) is 7. The van der Waals surface area contributed by atoms with Crippen LogP contribution in [0.4, 0.5) is 15.2 Å². The molecule has 134 valence electrons. The summed E-state index contributed by atoms with van der Waals surface area (Å²) in [7, 11) is 0. The average molecular weight is 389 g/mol. The van der Waals surface area contributed by atoms with E-state index in [2.05, 4.69) is 25.2 Å². The molecule has 1 N–H and O–H groups in total. The van der Waals surface area contributed by atoms with Crippen LogP contribution in [0, 0.1) is 5.82 Å². The number of hydrogen-bond donors (Lipinski definition) is 1. The zero-order valence-electron chi connectivity index (χ0n) is 13.8. The molecule has 0 aliphatic carbocycles. The highest BCUT2D eigenvalue weighted by atomic mass is 32.2. The highest BCUT2D eigenvalue weighted by Crippen LogP contribution is 2.34. The molecule has 1 aromatic carbocycles. The van der Waals surface area contributed by atoms with Crippen molar-refractivity contribution in [2.45, 2.75) is 17.9 Å². The van der Waals surface area contributed by atoms with Crippen LogP contribution in [0.1, 0.15) is 12.8 Å². The molecule has 0 bridgehead atoms. The first-order valence-corrected chi connectivity index (χ1v) is 10.0. The maximum Gasteiger partial charge on any atom is 0.234 e. The van der Waals surface area contributed by atoms with Crippen LogP contribution in [-0.2, 0) is 4.79 Å². The van der Waals surface area contributed by atoms with Gasteiger partial charge < -0.3 is 10.2 Å². The zero-order chi connectivity index (χ0) is 17.9. The lowest BCUT2D eigenvalue weighted by Crippen LogP contribution is -2.16. The predicted molar refractivity (Wildman–Crippen MR) is 102 cm³/mol. The summed E-state index contributed by atoms with van der Waals surface area (Å²) in [6.45, 7) is 2.05. The Morgan fingerprint density at radius 3 is 2.77 bits per heavy atom. The predicted octanol–water partition coefficient (Wildman–Crippen LogP) is 3.56. The quantitative estimate of drug-likeness (QED) is 0.531. The smallest absolute Gasteiger partial charge is 0.234 e. The van der Waals surface area contributed by atoms with Crippen molar-refractivity contribution in [3.8, 4) is 0 Å². The van der Waals surface area contributed by atoms with Crippen LogP contribution < -0.4 is 10.2 Å². The molecular formula is C17H16FN5OS2. The molecule has 1 fully saturated rings. The number of fused-ring (bicyclic) bond motifs is 1. The highest BCUT2D eigenvalue weighted by molar-refractivity contribution is 8.00. The van der Waals surface area contributed by atoms with E-state index in [0.29, 0.717) is 11.3 Å². The van der Waals surface area contributed by atoms with Crippen molar-refractivity contribution in [1.29, 1.82) is 0 Å². The van der Waals surface area contributed by atoms with Crippen molar-refractivity contribution in [3.05, 3.63) is 36.4 Å². The third-order valence-electron chi connectivity index (χ3n) is 3.99. The third-order valence-corrected chi connectivity index (χ3v) is 6.22. The summed E-state index contributed by atoms with van der Waals surface area (Å²) in [5.74, 6) is -0.294. The Bertz CT molecular complexity index is 925. The zero-order valence-corrected chi connectivity index (χ0v) is 15.4. The molecule has 0 spiro atoms. The number of aromatic nitrogens is 3. The second-order valence-corrected chi connectivity index (χ2v) is 7.81. The monoisotopic (exact) mass is 389 g/mol. The fourth-order valence-corrected chi connectivity index (χ4v) is 4.68. The van der Waals surface area contributed by atoms with E-state index in [0.717, 1.165) is 27.9 Å². The van der Waals surface area contributed by atoms with E-state index >= 15 is 0 Å². The van der Waals surface area contributed by atoms with Gasteiger partial charge >= 0.3 is 0 Å². The maximum absolute atomic E-state index is 12.9. The van der Waals surface area contributed by atoms with Gasteiger partial charge in [0.05, 0.1) is 5.75 Å². The fraction of sp³-hybridized carbons (Fsp3) is 0.294. The molecule has 0 saturated carbocycles. The molecule has 3 aromatic rings. The highest BCUT2D eigenvalue weighted by Gasteiger charge is 2.19. The summed E-state index contributed by atoms with van der Waals surface area (Å²) < 4.78 is 13.8. The van der Waals surface area contributed by atoms with Crippen LogP contribution in [-0.4, -0.2) is 39.7 Å². The molecule has 0 radical (unpaired) electrons. The van der Waals surface area contributed by atoms with Gasteiger partial charge in [0.25, 0.3) is 0 Å². The van der Waals surface area contributed by atoms with Crippen LogP contribution >= 0.6 is 23.1 Å². The van der Waals surface area contributed by atoms with Gasteiger partial charge in [0.15, 0.2) is 10.8 Å². The SMILES string of the molecule is O=C(CSc1ncnc2nc(N3CCCC3)sc12)Nc1ccc(F)cc1. The third kappa shape index (κ3) is 3.78. The number of nitrogens with one attached hydrogen (secondary N) is 1. The summed E-state index contributed by atoms with van der Waals surface area (Å²) >= 11 is 2.92. The van der Waals surface area contributed by atoms with Gasteiger partial charge in [-0.2, -0.15) is 4.98 Å². The van der Waals surface area contributed by atoms with E-state index in [9.17, 15) is 9.18 Å². The molecule has 9 heteroatoms. The molecule has 1 amide bonds. The number of nitrogens with zero attached hydrogens (tertiary/aromatic N) is 4. The Hall–Kier alpha value is -2.26. The lowest BCUT2D eigenvalue weighted by atomic mass is 10.3. The second-order valence-electron chi connectivity index (χ2n) is 5.87. The van der Waals surface area contributed by atoms with Gasteiger partial charge in [0, 0.05) is 18.8 Å². The van der Waals surface area contributed by atoms with Crippen molar-refractivity contribution in [2.24, 2.45) is 0 Å². The minimum Gasteiger partial charge on any atom is -0.348 e. The Morgan fingerprint density at radius 1 is 1.23 bits per heavy atom. The van der Waals surface area contributed by atoms with Crippen LogP contribution in [0.5, 0.6) is 0 Å². The van der Waals surface area contributed by atoms with E-state index in [1.807, 2.05) is 0 Å². The topological polar surface area (TPSA) is 71.0 Å². The Morgan fingerprint density at radius 2 is 2.00 bits per heavy atom. The molecule has 6 nitrogen and oxygen atoms in total. The Kier molecular flexibility index (Phi) is 4.98. The Labute approximate surface area is 157 Å². The largest absolute Gasteiger partial charge is 0.348 e. The molecular weight excluding hydrogens is 373 g/mol. The number of halogens is 1.